The van der Waals surface area contributed by atoms with Crippen LogP contribution in [0.3, 0.4) is 0 Å². The van der Waals surface area contributed by atoms with Gasteiger partial charge in [-0.15, -0.1) is 0 Å². The van der Waals surface area contributed by atoms with E-state index in [0.29, 0.717) is 17.7 Å². The molecule has 0 radical (unpaired) electrons. The maximum atomic E-state index is 14.1. The van der Waals surface area contributed by atoms with Gasteiger partial charge in [0.25, 0.3) is 0 Å². The second-order valence-corrected chi connectivity index (χ2v) is 5.81. The van der Waals surface area contributed by atoms with Crippen molar-refractivity contribution in [3.63, 3.8) is 0 Å². The molecule has 2 aromatic carbocycles. The molecule has 3 aromatic rings. The molecule has 0 aliphatic heterocycles. The molecule has 0 aliphatic carbocycles. The fraction of sp³-hybridized carbons (Fsp3) is 0.100. The first-order chi connectivity index (χ1) is 13.1. The van der Waals surface area contributed by atoms with Crippen LogP contribution < -0.4 is 10.6 Å². The van der Waals surface area contributed by atoms with E-state index in [0.717, 1.165) is 23.0 Å². The Morgan fingerprint density at radius 3 is 2.48 bits per heavy atom. The number of aromatic nitrogens is 2. The van der Waals surface area contributed by atoms with Gasteiger partial charge in [0.2, 0.25) is 5.95 Å². The van der Waals surface area contributed by atoms with Gasteiger partial charge in [0, 0.05) is 11.4 Å². The molecule has 0 bridgehead atoms. The van der Waals surface area contributed by atoms with Crippen molar-refractivity contribution >= 4 is 23.1 Å². The lowest BCUT2D eigenvalue weighted by Gasteiger charge is -2.10. The van der Waals surface area contributed by atoms with E-state index in [1.165, 1.54) is 0 Å². The van der Waals surface area contributed by atoms with Crippen LogP contribution >= 0.6 is 0 Å². The quantitative estimate of drug-likeness (QED) is 0.704. The minimum absolute atomic E-state index is 0.00124. The molecule has 1 heterocycles. The van der Waals surface area contributed by atoms with Crippen molar-refractivity contribution in [3.05, 3.63) is 71.2 Å². The summed E-state index contributed by atoms with van der Waals surface area (Å²) in [5, 5.41) is 23.7. The highest BCUT2D eigenvalue weighted by Gasteiger charge is 2.09. The van der Waals surface area contributed by atoms with E-state index in [4.69, 9.17) is 10.5 Å². The van der Waals surface area contributed by atoms with Crippen LogP contribution in [-0.2, 0) is 6.42 Å². The third-order valence-corrected chi connectivity index (χ3v) is 3.86. The van der Waals surface area contributed by atoms with Crippen LogP contribution in [0.5, 0.6) is 0 Å². The van der Waals surface area contributed by atoms with E-state index in [2.05, 4.69) is 32.7 Å². The van der Waals surface area contributed by atoms with Crippen molar-refractivity contribution in [1.82, 2.24) is 9.97 Å². The Morgan fingerprint density at radius 1 is 1.04 bits per heavy atom. The third-order valence-electron chi connectivity index (χ3n) is 3.86. The standard InChI is InChI=1S/C20H15FN6/c1-13-2-5-17(10-15(13)11-23)25-19-18(21)12-24-20(27-19)26-16-6-3-14(4-7-16)8-9-22/h2-7,10,12H,8H2,1H3,(H2,24,25,26,27). The van der Waals surface area contributed by atoms with Crippen LogP contribution in [0, 0.1) is 35.4 Å². The van der Waals surface area contributed by atoms with Gasteiger partial charge in [-0.1, -0.05) is 18.2 Å². The second-order valence-electron chi connectivity index (χ2n) is 5.81. The van der Waals surface area contributed by atoms with Gasteiger partial charge in [-0.3, -0.25) is 0 Å². The van der Waals surface area contributed by atoms with Crippen molar-refractivity contribution in [2.24, 2.45) is 0 Å². The monoisotopic (exact) mass is 358 g/mol. The molecule has 0 spiro atoms. The Bertz CT molecular complexity index is 1050. The summed E-state index contributed by atoms with van der Waals surface area (Å²) in [6.45, 7) is 1.83. The molecule has 0 saturated carbocycles. The van der Waals surface area contributed by atoms with Crippen LogP contribution in [0.4, 0.5) is 27.5 Å². The topological polar surface area (TPSA) is 97.4 Å². The number of anilines is 4. The maximum Gasteiger partial charge on any atom is 0.229 e. The number of rotatable bonds is 5. The van der Waals surface area contributed by atoms with Gasteiger partial charge in [0.1, 0.15) is 0 Å². The molecule has 132 valence electrons. The number of halogens is 1. The zero-order chi connectivity index (χ0) is 19.2. The maximum absolute atomic E-state index is 14.1. The van der Waals surface area contributed by atoms with E-state index in [1.807, 2.05) is 19.1 Å². The van der Waals surface area contributed by atoms with E-state index in [9.17, 15) is 4.39 Å². The Balaban J connectivity index is 1.80. The third kappa shape index (κ3) is 4.36. The minimum Gasteiger partial charge on any atom is -0.338 e. The van der Waals surface area contributed by atoms with Crippen molar-refractivity contribution in [2.75, 3.05) is 10.6 Å². The number of nitrogens with zero attached hydrogens (tertiary/aromatic N) is 4. The predicted molar refractivity (Wildman–Crippen MR) is 100 cm³/mol. The smallest absolute Gasteiger partial charge is 0.229 e. The summed E-state index contributed by atoms with van der Waals surface area (Å²) in [7, 11) is 0. The Morgan fingerprint density at radius 2 is 1.78 bits per heavy atom. The van der Waals surface area contributed by atoms with Crippen molar-refractivity contribution < 1.29 is 4.39 Å². The van der Waals surface area contributed by atoms with Crippen LogP contribution in [0.2, 0.25) is 0 Å². The first-order valence-electron chi connectivity index (χ1n) is 8.12. The molecule has 0 aliphatic rings. The molecular formula is C20H15FN6. The molecule has 3 rings (SSSR count). The minimum atomic E-state index is -0.607. The second kappa shape index (κ2) is 7.94. The molecule has 27 heavy (non-hydrogen) atoms. The van der Waals surface area contributed by atoms with Gasteiger partial charge in [-0.25, -0.2) is 9.37 Å². The van der Waals surface area contributed by atoms with Crippen LogP contribution in [0.15, 0.2) is 48.7 Å². The molecule has 0 unspecified atom stereocenters. The normalized spacial score (nSPS) is 9.93. The molecule has 2 N–H and O–H groups in total. The van der Waals surface area contributed by atoms with Crippen molar-refractivity contribution in [3.8, 4) is 12.1 Å². The molecule has 6 nitrogen and oxygen atoms in total. The van der Waals surface area contributed by atoms with E-state index in [1.54, 1.807) is 30.3 Å². The zero-order valence-corrected chi connectivity index (χ0v) is 14.5. The van der Waals surface area contributed by atoms with Crippen LogP contribution in [0.1, 0.15) is 16.7 Å². The SMILES string of the molecule is Cc1ccc(Nc2nc(Nc3ccc(CC#N)cc3)ncc2F)cc1C#N. The van der Waals surface area contributed by atoms with E-state index in [-0.39, 0.29) is 11.8 Å². The summed E-state index contributed by atoms with van der Waals surface area (Å²) in [5.41, 5.74) is 3.52. The Kier molecular flexibility index (Phi) is 5.25. The Hall–Kier alpha value is -3.97. The summed E-state index contributed by atoms with van der Waals surface area (Å²) in [6, 6.07) is 16.6. The van der Waals surface area contributed by atoms with Gasteiger partial charge in [-0.05, 0) is 42.3 Å². The summed E-state index contributed by atoms with van der Waals surface area (Å²) in [5.74, 6) is -0.384. The van der Waals surface area contributed by atoms with Gasteiger partial charge in [-0.2, -0.15) is 15.5 Å². The highest BCUT2D eigenvalue weighted by atomic mass is 19.1. The molecule has 0 amide bonds. The molecule has 0 atom stereocenters. The number of hydrogen-bond acceptors (Lipinski definition) is 6. The summed E-state index contributed by atoms with van der Waals surface area (Å²) >= 11 is 0. The molecule has 0 fully saturated rings. The molecule has 0 saturated heterocycles. The van der Waals surface area contributed by atoms with Gasteiger partial charge >= 0.3 is 0 Å². The largest absolute Gasteiger partial charge is 0.338 e. The number of nitrogens with one attached hydrogen (secondary N) is 2. The van der Waals surface area contributed by atoms with Crippen molar-refractivity contribution in [1.29, 1.82) is 10.5 Å². The van der Waals surface area contributed by atoms with Crippen molar-refractivity contribution in [2.45, 2.75) is 13.3 Å². The summed E-state index contributed by atoms with van der Waals surface area (Å²) in [6.07, 6.45) is 1.41. The fourth-order valence-corrected chi connectivity index (χ4v) is 2.40. The average Bonchev–Trinajstić information content (AvgIpc) is 2.67. The lowest BCUT2D eigenvalue weighted by Crippen LogP contribution is -2.03. The van der Waals surface area contributed by atoms with E-state index < -0.39 is 5.82 Å². The number of hydrogen-bond donors (Lipinski definition) is 2. The lowest BCUT2D eigenvalue weighted by atomic mass is 10.1. The van der Waals surface area contributed by atoms with Gasteiger partial charge in [0.05, 0.1) is 30.3 Å². The van der Waals surface area contributed by atoms with Crippen LogP contribution in [0.25, 0.3) is 0 Å². The predicted octanol–water partition coefficient (Wildman–Crippen LogP) is 4.35. The fourth-order valence-electron chi connectivity index (χ4n) is 2.40. The first kappa shape index (κ1) is 17.8. The molecule has 7 heteroatoms. The van der Waals surface area contributed by atoms with Gasteiger partial charge < -0.3 is 10.6 Å². The zero-order valence-electron chi connectivity index (χ0n) is 14.5. The summed E-state index contributed by atoms with van der Waals surface area (Å²) in [4.78, 5) is 8.10. The number of aryl methyl sites for hydroxylation is 1. The first-order valence-corrected chi connectivity index (χ1v) is 8.12. The van der Waals surface area contributed by atoms with E-state index >= 15 is 0 Å². The Labute approximate surface area is 155 Å². The van der Waals surface area contributed by atoms with Gasteiger partial charge in [0.15, 0.2) is 11.6 Å². The number of benzene rings is 2. The average molecular weight is 358 g/mol. The molecule has 1 aromatic heterocycles. The number of nitriles is 2. The lowest BCUT2D eigenvalue weighted by molar-refractivity contribution is 0.619. The molecular weight excluding hydrogens is 343 g/mol. The van der Waals surface area contributed by atoms with Crippen LogP contribution in [-0.4, -0.2) is 9.97 Å². The highest BCUT2D eigenvalue weighted by Crippen LogP contribution is 2.22. The highest BCUT2D eigenvalue weighted by molar-refractivity contribution is 5.62. The summed E-state index contributed by atoms with van der Waals surface area (Å²) < 4.78 is 14.1.